The Hall–Kier alpha value is -2.01. The van der Waals surface area contributed by atoms with Crippen LogP contribution in [0.1, 0.15) is 19.4 Å². The molecule has 1 aromatic carbocycles. The normalized spacial score (nSPS) is 14.4. The van der Waals surface area contributed by atoms with Gasteiger partial charge in [0.1, 0.15) is 0 Å². The summed E-state index contributed by atoms with van der Waals surface area (Å²) in [5.41, 5.74) is 1.87. The van der Waals surface area contributed by atoms with Crippen LogP contribution in [0.15, 0.2) is 35.9 Å². The molecule has 1 aliphatic rings. The Morgan fingerprint density at radius 2 is 1.74 bits per heavy atom. The highest BCUT2D eigenvalue weighted by molar-refractivity contribution is 6.31. The summed E-state index contributed by atoms with van der Waals surface area (Å²) in [5, 5.41) is 3.52. The van der Waals surface area contributed by atoms with Gasteiger partial charge in [-0.15, -0.1) is 0 Å². The number of nitrogens with one attached hydrogen (secondary N) is 1. The van der Waals surface area contributed by atoms with E-state index in [4.69, 9.17) is 11.6 Å². The van der Waals surface area contributed by atoms with Crippen molar-refractivity contribution in [1.29, 1.82) is 0 Å². The van der Waals surface area contributed by atoms with E-state index in [9.17, 15) is 9.59 Å². The maximum absolute atomic E-state index is 12.2. The van der Waals surface area contributed by atoms with E-state index >= 15 is 0 Å². The smallest absolute Gasteiger partial charge is 0.317 e. The number of carbonyl (C=O) groups excluding carboxylic acids is 2. The quantitative estimate of drug-likeness (QED) is 0.863. The van der Waals surface area contributed by atoms with Crippen LogP contribution in [0, 0.1) is 0 Å². The lowest BCUT2D eigenvalue weighted by Gasteiger charge is -2.34. The number of allylic oxidation sites excluding steroid dienone is 1. The summed E-state index contributed by atoms with van der Waals surface area (Å²) in [6, 6.07) is 7.31. The third-order valence-corrected chi connectivity index (χ3v) is 4.05. The molecule has 1 aliphatic heterocycles. The molecule has 1 heterocycles. The van der Waals surface area contributed by atoms with Crippen LogP contribution in [0.25, 0.3) is 0 Å². The summed E-state index contributed by atoms with van der Waals surface area (Å²) >= 11 is 6.07. The number of piperazine rings is 1. The van der Waals surface area contributed by atoms with Crippen LogP contribution in [-0.2, 0) is 11.3 Å². The van der Waals surface area contributed by atoms with Gasteiger partial charge in [0.2, 0.25) is 5.91 Å². The molecule has 3 amide bonds. The number of halogens is 1. The van der Waals surface area contributed by atoms with Crippen molar-refractivity contribution in [3.8, 4) is 0 Å². The van der Waals surface area contributed by atoms with Crippen molar-refractivity contribution >= 4 is 23.5 Å². The van der Waals surface area contributed by atoms with Crippen molar-refractivity contribution in [3.63, 3.8) is 0 Å². The third kappa shape index (κ3) is 4.99. The lowest BCUT2D eigenvalue weighted by Crippen LogP contribution is -2.52. The average molecular weight is 336 g/mol. The minimum absolute atomic E-state index is 0.0149. The fraction of sp³-hybridized carbons (Fsp3) is 0.412. The van der Waals surface area contributed by atoms with Crippen LogP contribution in [0.3, 0.4) is 0 Å². The monoisotopic (exact) mass is 335 g/mol. The largest absolute Gasteiger partial charge is 0.336 e. The van der Waals surface area contributed by atoms with Gasteiger partial charge in [-0.25, -0.2) is 4.79 Å². The molecule has 1 fully saturated rings. The van der Waals surface area contributed by atoms with Crippen molar-refractivity contribution < 1.29 is 9.59 Å². The van der Waals surface area contributed by atoms with E-state index in [2.05, 4.69) is 5.32 Å². The summed E-state index contributed by atoms with van der Waals surface area (Å²) in [5.74, 6) is 0.0149. The van der Waals surface area contributed by atoms with Crippen LogP contribution in [-0.4, -0.2) is 47.9 Å². The lowest BCUT2D eigenvalue weighted by molar-refractivity contribution is -0.127. The summed E-state index contributed by atoms with van der Waals surface area (Å²) < 4.78 is 0. The molecule has 0 spiro atoms. The van der Waals surface area contributed by atoms with E-state index in [1.165, 1.54) is 0 Å². The van der Waals surface area contributed by atoms with E-state index in [1.54, 1.807) is 21.9 Å². The van der Waals surface area contributed by atoms with Gasteiger partial charge in [0.25, 0.3) is 0 Å². The Labute approximate surface area is 141 Å². The molecule has 1 saturated heterocycles. The molecule has 0 radical (unpaired) electrons. The molecule has 124 valence electrons. The van der Waals surface area contributed by atoms with Gasteiger partial charge in [0.05, 0.1) is 0 Å². The van der Waals surface area contributed by atoms with Gasteiger partial charge in [-0.1, -0.05) is 35.4 Å². The SMILES string of the molecule is CC(C)=CC(=O)N1CCN(C(=O)NCc2ccccc2Cl)CC1. The molecule has 0 aliphatic carbocycles. The molecular formula is C17H22ClN3O2. The van der Waals surface area contributed by atoms with Crippen molar-refractivity contribution in [2.24, 2.45) is 0 Å². The summed E-state index contributed by atoms with van der Waals surface area (Å²) in [4.78, 5) is 27.6. The average Bonchev–Trinajstić information content (AvgIpc) is 2.53. The van der Waals surface area contributed by atoms with Gasteiger partial charge < -0.3 is 15.1 Å². The van der Waals surface area contributed by atoms with Gasteiger partial charge in [-0.05, 0) is 25.5 Å². The summed E-state index contributed by atoms with van der Waals surface area (Å²) in [6.07, 6.45) is 1.63. The Morgan fingerprint density at radius 1 is 1.13 bits per heavy atom. The minimum atomic E-state index is -0.126. The first-order valence-electron chi connectivity index (χ1n) is 7.67. The molecule has 0 atom stereocenters. The Morgan fingerprint density at radius 3 is 2.35 bits per heavy atom. The number of hydrogen-bond acceptors (Lipinski definition) is 2. The van der Waals surface area contributed by atoms with Gasteiger partial charge in [-0.2, -0.15) is 0 Å². The molecule has 1 N–H and O–H groups in total. The molecule has 6 heteroatoms. The van der Waals surface area contributed by atoms with Crippen molar-refractivity contribution in [1.82, 2.24) is 15.1 Å². The maximum atomic E-state index is 12.2. The Balaban J connectivity index is 1.81. The molecule has 0 saturated carbocycles. The fourth-order valence-corrected chi connectivity index (χ4v) is 2.60. The fourth-order valence-electron chi connectivity index (χ4n) is 2.39. The summed E-state index contributed by atoms with van der Waals surface area (Å²) in [6.45, 7) is 6.39. The molecule has 0 bridgehead atoms. The van der Waals surface area contributed by atoms with E-state index in [0.29, 0.717) is 37.7 Å². The standard InChI is InChI=1S/C17H22ClN3O2/c1-13(2)11-16(22)20-7-9-21(10-8-20)17(23)19-12-14-5-3-4-6-15(14)18/h3-6,11H,7-10,12H2,1-2H3,(H,19,23). The highest BCUT2D eigenvalue weighted by Gasteiger charge is 2.23. The predicted octanol–water partition coefficient (Wildman–Crippen LogP) is 2.66. The topological polar surface area (TPSA) is 52.7 Å². The number of rotatable bonds is 3. The zero-order valence-electron chi connectivity index (χ0n) is 13.5. The Bertz CT molecular complexity index is 604. The highest BCUT2D eigenvalue weighted by Crippen LogP contribution is 2.14. The van der Waals surface area contributed by atoms with Crippen LogP contribution >= 0.6 is 11.6 Å². The van der Waals surface area contributed by atoms with Crippen molar-refractivity contribution in [2.75, 3.05) is 26.2 Å². The zero-order chi connectivity index (χ0) is 16.8. The minimum Gasteiger partial charge on any atom is -0.336 e. The van der Waals surface area contributed by atoms with E-state index < -0.39 is 0 Å². The first kappa shape index (κ1) is 17.3. The molecule has 5 nitrogen and oxygen atoms in total. The van der Waals surface area contributed by atoms with Crippen LogP contribution in [0.2, 0.25) is 5.02 Å². The van der Waals surface area contributed by atoms with Crippen LogP contribution < -0.4 is 5.32 Å². The number of hydrogen-bond donors (Lipinski definition) is 1. The summed E-state index contributed by atoms with van der Waals surface area (Å²) in [7, 11) is 0. The molecule has 0 aromatic heterocycles. The predicted molar refractivity (Wildman–Crippen MR) is 91.3 cm³/mol. The maximum Gasteiger partial charge on any atom is 0.317 e. The first-order chi connectivity index (χ1) is 11.0. The molecule has 2 rings (SSSR count). The first-order valence-corrected chi connectivity index (χ1v) is 8.05. The number of urea groups is 1. The Kier molecular flexibility index (Phi) is 6.04. The van der Waals surface area contributed by atoms with Crippen molar-refractivity contribution in [3.05, 3.63) is 46.5 Å². The number of carbonyl (C=O) groups is 2. The van der Waals surface area contributed by atoms with Gasteiger partial charge >= 0.3 is 6.03 Å². The number of nitrogens with zero attached hydrogens (tertiary/aromatic N) is 2. The highest BCUT2D eigenvalue weighted by atomic mass is 35.5. The van der Waals surface area contributed by atoms with Gasteiger partial charge in [-0.3, -0.25) is 4.79 Å². The second-order valence-electron chi connectivity index (χ2n) is 5.78. The van der Waals surface area contributed by atoms with E-state index in [-0.39, 0.29) is 11.9 Å². The van der Waals surface area contributed by atoms with Crippen LogP contribution in [0.5, 0.6) is 0 Å². The van der Waals surface area contributed by atoms with Crippen LogP contribution in [0.4, 0.5) is 4.79 Å². The van der Waals surface area contributed by atoms with Gasteiger partial charge in [0, 0.05) is 43.8 Å². The number of benzene rings is 1. The van der Waals surface area contributed by atoms with E-state index in [1.807, 2.05) is 32.0 Å². The lowest BCUT2D eigenvalue weighted by atomic mass is 10.2. The third-order valence-electron chi connectivity index (χ3n) is 3.68. The molecule has 23 heavy (non-hydrogen) atoms. The second kappa shape index (κ2) is 8.02. The van der Waals surface area contributed by atoms with Gasteiger partial charge in [0.15, 0.2) is 0 Å². The molecule has 1 aromatic rings. The number of amides is 3. The van der Waals surface area contributed by atoms with E-state index in [0.717, 1.165) is 11.1 Å². The molecular weight excluding hydrogens is 314 g/mol. The second-order valence-corrected chi connectivity index (χ2v) is 6.19. The zero-order valence-corrected chi connectivity index (χ0v) is 14.3. The van der Waals surface area contributed by atoms with Crippen molar-refractivity contribution in [2.45, 2.75) is 20.4 Å². The molecule has 0 unspecified atom stereocenters.